The van der Waals surface area contributed by atoms with Crippen molar-refractivity contribution in [1.29, 1.82) is 5.26 Å². The van der Waals surface area contributed by atoms with E-state index in [1.54, 1.807) is 0 Å². The lowest BCUT2D eigenvalue weighted by atomic mass is 10.0. The Morgan fingerprint density at radius 3 is 2.29 bits per heavy atom. The zero-order valence-electron chi connectivity index (χ0n) is 17.1. The second kappa shape index (κ2) is 8.97. The second-order valence-corrected chi connectivity index (χ2v) is 6.86. The molecule has 0 aliphatic rings. The fourth-order valence-electron chi connectivity index (χ4n) is 2.88. The molecule has 15 heteroatoms. The van der Waals surface area contributed by atoms with Crippen LogP contribution in [-0.4, -0.2) is 34.9 Å². The summed E-state index contributed by atoms with van der Waals surface area (Å²) in [6, 6.07) is 2.93. The van der Waals surface area contributed by atoms with Crippen molar-refractivity contribution in [3.8, 4) is 17.5 Å². The Balaban J connectivity index is 1.78. The molecule has 0 bridgehead atoms. The molecule has 0 amide bonds. The van der Waals surface area contributed by atoms with E-state index in [1.165, 1.54) is 24.9 Å². The fourth-order valence-corrected chi connectivity index (χ4v) is 2.88. The van der Waals surface area contributed by atoms with Gasteiger partial charge in [-0.2, -0.15) is 36.6 Å². The summed E-state index contributed by atoms with van der Waals surface area (Å²) in [4.78, 5) is 15.7. The maximum atomic E-state index is 13.2. The van der Waals surface area contributed by atoms with Crippen molar-refractivity contribution in [3.63, 3.8) is 0 Å². The van der Waals surface area contributed by atoms with Crippen LogP contribution in [0.25, 0.3) is 23.2 Å². The lowest BCUT2D eigenvalue weighted by Crippen LogP contribution is -2.11. The third-order valence-electron chi connectivity index (χ3n) is 4.42. The molecule has 0 aliphatic heterocycles. The molecule has 0 radical (unpaired) electrons. The standard InChI is InChI=1S/C20H10F6N8O/c21-19(22,23)13-3-11(4-14(5-13)20(24,25)26)17-30-10-34(32-17)8-15(12-6-28-9-29-7-12)18-31-16(1-2-27)33-35-18/h3-10H,1H2/b15-8+. The minimum absolute atomic E-state index is 0.0162. The van der Waals surface area contributed by atoms with Gasteiger partial charge in [-0.3, -0.25) is 0 Å². The first-order valence-electron chi connectivity index (χ1n) is 9.42. The van der Waals surface area contributed by atoms with Crippen LogP contribution < -0.4 is 0 Å². The maximum absolute atomic E-state index is 13.2. The third-order valence-corrected chi connectivity index (χ3v) is 4.42. The van der Waals surface area contributed by atoms with E-state index in [-0.39, 0.29) is 29.8 Å². The van der Waals surface area contributed by atoms with Crippen molar-refractivity contribution < 1.29 is 30.9 Å². The van der Waals surface area contributed by atoms with Gasteiger partial charge in [-0.1, -0.05) is 5.16 Å². The van der Waals surface area contributed by atoms with E-state index in [2.05, 4.69) is 30.2 Å². The largest absolute Gasteiger partial charge is 0.416 e. The van der Waals surface area contributed by atoms with Crippen molar-refractivity contribution in [2.45, 2.75) is 18.8 Å². The smallest absolute Gasteiger partial charge is 0.334 e. The molecule has 0 N–H and O–H groups in total. The third kappa shape index (κ3) is 5.32. The van der Waals surface area contributed by atoms with Gasteiger partial charge in [0.25, 0.3) is 5.89 Å². The van der Waals surface area contributed by atoms with Crippen LogP contribution in [0.2, 0.25) is 0 Å². The van der Waals surface area contributed by atoms with E-state index in [9.17, 15) is 26.3 Å². The Labute approximate surface area is 191 Å². The minimum Gasteiger partial charge on any atom is -0.334 e. The summed E-state index contributed by atoms with van der Waals surface area (Å²) in [6.45, 7) is 0. The number of alkyl halides is 6. The zero-order valence-corrected chi connectivity index (χ0v) is 17.1. The first kappa shape index (κ1) is 23.5. The van der Waals surface area contributed by atoms with Crippen LogP contribution in [0.5, 0.6) is 0 Å². The normalized spacial score (nSPS) is 12.5. The highest BCUT2D eigenvalue weighted by Crippen LogP contribution is 2.38. The highest BCUT2D eigenvalue weighted by atomic mass is 19.4. The molecule has 4 rings (SSSR count). The molecule has 0 fully saturated rings. The highest BCUT2D eigenvalue weighted by molar-refractivity contribution is 5.83. The molecule has 9 nitrogen and oxygen atoms in total. The van der Waals surface area contributed by atoms with Gasteiger partial charge in [0.05, 0.1) is 29.2 Å². The average Bonchev–Trinajstić information content (AvgIpc) is 3.47. The highest BCUT2D eigenvalue weighted by Gasteiger charge is 2.37. The summed E-state index contributed by atoms with van der Waals surface area (Å²) in [5.74, 6) is -0.356. The molecule has 35 heavy (non-hydrogen) atoms. The number of aromatic nitrogens is 7. The predicted octanol–water partition coefficient (Wildman–Crippen LogP) is 4.27. The number of nitriles is 1. The number of hydrogen-bond acceptors (Lipinski definition) is 8. The lowest BCUT2D eigenvalue weighted by Gasteiger charge is -2.13. The Kier molecular flexibility index (Phi) is 6.03. The van der Waals surface area contributed by atoms with Crippen LogP contribution in [0.15, 0.2) is 47.8 Å². The van der Waals surface area contributed by atoms with Crippen molar-refractivity contribution >= 4 is 11.8 Å². The van der Waals surface area contributed by atoms with Gasteiger partial charge in [-0.25, -0.2) is 19.6 Å². The molecule has 0 unspecified atom stereocenters. The van der Waals surface area contributed by atoms with Gasteiger partial charge in [0, 0.05) is 29.7 Å². The van der Waals surface area contributed by atoms with E-state index >= 15 is 0 Å². The Morgan fingerprint density at radius 1 is 1.03 bits per heavy atom. The summed E-state index contributed by atoms with van der Waals surface area (Å²) in [6.07, 6.45) is -3.75. The molecule has 0 spiro atoms. The monoisotopic (exact) mass is 492 g/mol. The van der Waals surface area contributed by atoms with Crippen LogP contribution >= 0.6 is 0 Å². The summed E-state index contributed by atoms with van der Waals surface area (Å²) < 4.78 is 85.3. The van der Waals surface area contributed by atoms with E-state index < -0.39 is 34.9 Å². The lowest BCUT2D eigenvalue weighted by molar-refractivity contribution is -0.143. The van der Waals surface area contributed by atoms with Crippen molar-refractivity contribution in [1.82, 2.24) is 34.9 Å². The van der Waals surface area contributed by atoms with Crippen LogP contribution in [0.3, 0.4) is 0 Å². The van der Waals surface area contributed by atoms with E-state index in [4.69, 9.17) is 9.78 Å². The van der Waals surface area contributed by atoms with Crippen molar-refractivity contribution in [2.75, 3.05) is 0 Å². The quantitative estimate of drug-likeness (QED) is 0.379. The number of hydrogen-bond donors (Lipinski definition) is 0. The van der Waals surface area contributed by atoms with Crippen LogP contribution in [-0.2, 0) is 18.8 Å². The Hall–Kier alpha value is -4.61. The molecule has 178 valence electrons. The van der Waals surface area contributed by atoms with Crippen molar-refractivity contribution in [2.24, 2.45) is 0 Å². The molecule has 3 aromatic heterocycles. The summed E-state index contributed by atoms with van der Waals surface area (Å²) in [7, 11) is 0. The molecule has 0 aliphatic carbocycles. The van der Waals surface area contributed by atoms with Gasteiger partial charge >= 0.3 is 12.4 Å². The molecular formula is C20H10F6N8O. The molecule has 0 atom stereocenters. The van der Waals surface area contributed by atoms with Gasteiger partial charge in [0.2, 0.25) is 0 Å². The average molecular weight is 492 g/mol. The molecule has 1 aromatic carbocycles. The topological polar surface area (TPSA) is 119 Å². The summed E-state index contributed by atoms with van der Waals surface area (Å²) in [5.41, 5.74) is -2.90. The first-order chi connectivity index (χ1) is 16.5. The van der Waals surface area contributed by atoms with Gasteiger partial charge < -0.3 is 4.52 Å². The number of rotatable bonds is 5. The predicted molar refractivity (Wildman–Crippen MR) is 104 cm³/mol. The Bertz CT molecular complexity index is 1380. The van der Waals surface area contributed by atoms with E-state index in [0.717, 1.165) is 11.0 Å². The zero-order chi connectivity index (χ0) is 25.2. The molecule has 3 heterocycles. The van der Waals surface area contributed by atoms with Crippen LogP contribution in [0.1, 0.15) is 28.4 Å². The number of benzene rings is 1. The van der Waals surface area contributed by atoms with Crippen LogP contribution in [0, 0.1) is 11.3 Å². The number of halogens is 6. The Morgan fingerprint density at radius 2 is 1.69 bits per heavy atom. The van der Waals surface area contributed by atoms with Gasteiger partial charge in [-0.15, -0.1) is 5.10 Å². The first-order valence-corrected chi connectivity index (χ1v) is 9.42. The summed E-state index contributed by atoms with van der Waals surface area (Å²) >= 11 is 0. The van der Waals surface area contributed by atoms with E-state index in [0.29, 0.717) is 17.7 Å². The number of nitrogens with zero attached hydrogens (tertiary/aromatic N) is 8. The van der Waals surface area contributed by atoms with Crippen LogP contribution in [0.4, 0.5) is 26.3 Å². The summed E-state index contributed by atoms with van der Waals surface area (Å²) in [5, 5.41) is 16.4. The van der Waals surface area contributed by atoms with Crippen molar-refractivity contribution in [3.05, 3.63) is 71.7 Å². The molecular weight excluding hydrogens is 482 g/mol. The molecule has 0 saturated heterocycles. The van der Waals surface area contributed by atoms with Gasteiger partial charge in [-0.05, 0) is 18.2 Å². The maximum Gasteiger partial charge on any atom is 0.416 e. The second-order valence-electron chi connectivity index (χ2n) is 6.86. The molecule has 4 aromatic rings. The molecule has 0 saturated carbocycles. The van der Waals surface area contributed by atoms with Gasteiger partial charge in [0.15, 0.2) is 11.6 Å². The minimum atomic E-state index is -5.02. The van der Waals surface area contributed by atoms with Gasteiger partial charge in [0.1, 0.15) is 12.7 Å². The van der Waals surface area contributed by atoms with E-state index in [1.807, 2.05) is 6.07 Å². The fraction of sp³-hybridized carbons (Fsp3) is 0.150. The SMILES string of the molecule is N#CCc1noc(/C(=C/n2cnc(-c3cc(C(F)(F)F)cc(C(F)(F)F)c3)n2)c2cncnc2)n1.